The summed E-state index contributed by atoms with van der Waals surface area (Å²) in [7, 11) is 0. The molecule has 80 valence electrons. The van der Waals surface area contributed by atoms with Crippen LogP contribution in [0, 0.1) is 0 Å². The number of Topliss-reactive ketones (excluding diaryl/α,β-unsaturated/α-hetero) is 1. The molecule has 0 aliphatic carbocycles. The maximum absolute atomic E-state index is 11.6. The number of H-pyrrole nitrogens is 1. The standard InChI is InChI=1S/C9H6N4O2S/c14-5-1-2-6(15)16-9-11-4-3-10-8(5)12-7(4)13-9/h3H,1-2H2,(H,10,11,12,13). The average molecular weight is 234 g/mol. The predicted molar refractivity (Wildman–Crippen MR) is 56.1 cm³/mol. The molecule has 0 atom stereocenters. The quantitative estimate of drug-likeness (QED) is 0.730. The number of aromatic nitrogens is 4. The molecule has 7 heteroatoms. The van der Waals surface area contributed by atoms with Crippen molar-refractivity contribution in [2.24, 2.45) is 0 Å². The number of ketones is 1. The van der Waals surface area contributed by atoms with Crippen molar-refractivity contribution in [2.45, 2.75) is 18.0 Å². The minimum absolute atomic E-state index is 0.0802. The number of carbonyl (C=O) groups is 2. The summed E-state index contributed by atoms with van der Waals surface area (Å²) in [6, 6.07) is 0. The van der Waals surface area contributed by atoms with Crippen LogP contribution in [-0.2, 0) is 4.79 Å². The SMILES string of the molecule is O=C1CCC(=O)c2ncc3[nH]c(nc3n2)S1. The van der Waals surface area contributed by atoms with Gasteiger partial charge in [-0.2, -0.15) is 0 Å². The molecule has 3 bridgehead atoms. The highest BCUT2D eigenvalue weighted by Crippen LogP contribution is 2.22. The number of thioether (sulfide) groups is 1. The van der Waals surface area contributed by atoms with E-state index in [1.807, 2.05) is 0 Å². The predicted octanol–water partition coefficient (Wildman–Crippen LogP) is 0.948. The van der Waals surface area contributed by atoms with Gasteiger partial charge in [0.1, 0.15) is 5.52 Å². The Hall–Kier alpha value is -1.76. The lowest BCUT2D eigenvalue weighted by Gasteiger charge is -1.99. The van der Waals surface area contributed by atoms with Crippen LogP contribution in [0.25, 0.3) is 11.2 Å². The molecule has 0 radical (unpaired) electrons. The van der Waals surface area contributed by atoms with Gasteiger partial charge in [0.05, 0.1) is 6.20 Å². The lowest BCUT2D eigenvalue weighted by Crippen LogP contribution is -2.07. The normalized spacial score (nSPS) is 16.2. The summed E-state index contributed by atoms with van der Waals surface area (Å²) in [6.07, 6.45) is 1.85. The van der Waals surface area contributed by atoms with Gasteiger partial charge in [-0.1, -0.05) is 0 Å². The van der Waals surface area contributed by atoms with Gasteiger partial charge in [0.2, 0.25) is 5.78 Å². The summed E-state index contributed by atoms with van der Waals surface area (Å²) >= 11 is 1.000. The third-order valence-corrected chi connectivity index (χ3v) is 3.05. The van der Waals surface area contributed by atoms with Gasteiger partial charge in [-0.15, -0.1) is 0 Å². The van der Waals surface area contributed by atoms with Crippen LogP contribution in [0.1, 0.15) is 23.5 Å². The topological polar surface area (TPSA) is 88.6 Å². The van der Waals surface area contributed by atoms with E-state index >= 15 is 0 Å². The summed E-state index contributed by atoms with van der Waals surface area (Å²) < 4.78 is 0. The summed E-state index contributed by atoms with van der Waals surface area (Å²) in [5.41, 5.74) is 1.06. The molecule has 1 N–H and O–H groups in total. The van der Waals surface area contributed by atoms with E-state index in [4.69, 9.17) is 0 Å². The van der Waals surface area contributed by atoms with Crippen LogP contribution in [0.15, 0.2) is 11.4 Å². The maximum atomic E-state index is 11.6. The third-order valence-electron chi connectivity index (χ3n) is 2.23. The molecular weight excluding hydrogens is 228 g/mol. The molecule has 1 aliphatic heterocycles. The number of nitrogens with zero attached hydrogens (tertiary/aromatic N) is 3. The van der Waals surface area contributed by atoms with Crippen molar-refractivity contribution < 1.29 is 9.59 Å². The van der Waals surface area contributed by atoms with Crippen molar-refractivity contribution in [1.29, 1.82) is 0 Å². The van der Waals surface area contributed by atoms with Crippen molar-refractivity contribution in [3.63, 3.8) is 0 Å². The van der Waals surface area contributed by atoms with Crippen LogP contribution < -0.4 is 0 Å². The van der Waals surface area contributed by atoms with Gasteiger partial charge < -0.3 is 4.98 Å². The number of fused-ring (bicyclic) bond motifs is 2. The minimum atomic E-state index is -0.220. The van der Waals surface area contributed by atoms with Gasteiger partial charge in [-0.3, -0.25) is 9.59 Å². The van der Waals surface area contributed by atoms with Crippen molar-refractivity contribution in [2.75, 3.05) is 0 Å². The monoisotopic (exact) mass is 234 g/mol. The van der Waals surface area contributed by atoms with Gasteiger partial charge in [0.15, 0.2) is 21.7 Å². The van der Waals surface area contributed by atoms with Gasteiger partial charge in [-0.05, 0) is 11.8 Å². The molecule has 0 spiro atoms. The fourth-order valence-electron chi connectivity index (χ4n) is 1.45. The van der Waals surface area contributed by atoms with Crippen molar-refractivity contribution >= 4 is 33.8 Å². The van der Waals surface area contributed by atoms with Crippen molar-refractivity contribution in [1.82, 2.24) is 19.9 Å². The molecule has 0 saturated carbocycles. The Morgan fingerprint density at radius 3 is 3.00 bits per heavy atom. The van der Waals surface area contributed by atoms with Gasteiger partial charge in [-0.25, -0.2) is 15.0 Å². The molecule has 3 heterocycles. The molecule has 0 fully saturated rings. The molecule has 2 aromatic rings. The zero-order valence-electron chi connectivity index (χ0n) is 8.06. The maximum Gasteiger partial charge on any atom is 0.200 e. The highest BCUT2D eigenvalue weighted by molar-refractivity contribution is 8.13. The van der Waals surface area contributed by atoms with E-state index in [9.17, 15) is 9.59 Å². The van der Waals surface area contributed by atoms with Crippen LogP contribution in [0.5, 0.6) is 0 Å². The van der Waals surface area contributed by atoms with E-state index in [0.29, 0.717) is 16.3 Å². The van der Waals surface area contributed by atoms with Crippen LogP contribution in [0.2, 0.25) is 0 Å². The first-order valence-electron chi connectivity index (χ1n) is 4.69. The zero-order chi connectivity index (χ0) is 11.1. The molecule has 0 saturated heterocycles. The largest absolute Gasteiger partial charge is 0.330 e. The number of nitrogens with one attached hydrogen (secondary N) is 1. The number of imidazole rings is 1. The second kappa shape index (κ2) is 3.38. The molecule has 16 heavy (non-hydrogen) atoms. The smallest absolute Gasteiger partial charge is 0.200 e. The fourth-order valence-corrected chi connectivity index (χ4v) is 2.17. The first-order chi connectivity index (χ1) is 7.72. The minimum Gasteiger partial charge on any atom is -0.330 e. The Morgan fingerprint density at radius 1 is 1.25 bits per heavy atom. The second-order valence-corrected chi connectivity index (χ2v) is 4.42. The average Bonchev–Trinajstić information content (AvgIpc) is 2.64. The van der Waals surface area contributed by atoms with E-state index < -0.39 is 0 Å². The van der Waals surface area contributed by atoms with Gasteiger partial charge in [0, 0.05) is 12.8 Å². The number of hydrogen-bond donors (Lipinski definition) is 1. The summed E-state index contributed by atoms with van der Waals surface area (Å²) in [6.45, 7) is 0. The molecule has 1 aliphatic rings. The van der Waals surface area contributed by atoms with Crippen LogP contribution in [0.3, 0.4) is 0 Å². The molecule has 3 rings (SSSR count). The number of hydrogen-bond acceptors (Lipinski definition) is 6. The number of carbonyl (C=O) groups excluding carboxylic acids is 2. The van der Waals surface area contributed by atoms with Crippen molar-refractivity contribution in [3.8, 4) is 0 Å². The van der Waals surface area contributed by atoms with Gasteiger partial charge in [0.25, 0.3) is 0 Å². The lowest BCUT2D eigenvalue weighted by atomic mass is 10.2. The Kier molecular flexibility index (Phi) is 2.00. The van der Waals surface area contributed by atoms with Crippen LogP contribution in [-0.4, -0.2) is 30.8 Å². The fraction of sp³-hybridized carbons (Fsp3) is 0.222. The van der Waals surface area contributed by atoms with E-state index in [1.54, 1.807) is 0 Å². The molecule has 0 aromatic carbocycles. The molecular formula is C9H6N4O2S. The lowest BCUT2D eigenvalue weighted by molar-refractivity contribution is -0.110. The second-order valence-electron chi connectivity index (χ2n) is 3.37. The molecule has 0 amide bonds. The van der Waals surface area contributed by atoms with Gasteiger partial charge >= 0.3 is 0 Å². The first kappa shape index (κ1) is 9.46. The van der Waals surface area contributed by atoms with E-state index in [-0.39, 0.29) is 29.6 Å². The summed E-state index contributed by atoms with van der Waals surface area (Å²) in [5.74, 6) is -0.0902. The highest BCUT2D eigenvalue weighted by atomic mass is 32.2. The third kappa shape index (κ3) is 1.49. The summed E-state index contributed by atoms with van der Waals surface area (Å²) in [4.78, 5) is 38.1. The number of rotatable bonds is 0. The Morgan fingerprint density at radius 2 is 2.12 bits per heavy atom. The summed E-state index contributed by atoms with van der Waals surface area (Å²) in [5, 5.41) is 0.421. The molecule has 0 unspecified atom stereocenters. The zero-order valence-corrected chi connectivity index (χ0v) is 8.87. The molecule has 6 nitrogen and oxygen atoms in total. The van der Waals surface area contributed by atoms with E-state index in [2.05, 4.69) is 19.9 Å². The van der Waals surface area contributed by atoms with Crippen LogP contribution in [0.4, 0.5) is 0 Å². The van der Waals surface area contributed by atoms with E-state index in [1.165, 1.54) is 6.20 Å². The number of aromatic amines is 1. The Balaban J connectivity index is 2.23. The molecule has 2 aromatic heterocycles. The van der Waals surface area contributed by atoms with E-state index in [0.717, 1.165) is 11.8 Å². The Labute approximate surface area is 93.9 Å². The van der Waals surface area contributed by atoms with Crippen LogP contribution >= 0.6 is 11.8 Å². The van der Waals surface area contributed by atoms with Crippen molar-refractivity contribution in [3.05, 3.63) is 12.0 Å². The Bertz CT molecular complexity index is 607. The highest BCUT2D eigenvalue weighted by Gasteiger charge is 2.18. The first-order valence-corrected chi connectivity index (χ1v) is 5.51.